The lowest BCUT2D eigenvalue weighted by Crippen LogP contribution is -2.49. The van der Waals surface area contributed by atoms with Crippen molar-refractivity contribution in [3.05, 3.63) is 0 Å². The Labute approximate surface area is 176 Å². The van der Waals surface area contributed by atoms with E-state index < -0.39 is 6.04 Å². The quantitative estimate of drug-likeness (QED) is 0.310. The van der Waals surface area contributed by atoms with Gasteiger partial charge in [-0.1, -0.05) is 6.42 Å². The molecule has 8 nitrogen and oxygen atoms in total. The van der Waals surface area contributed by atoms with Crippen LogP contribution in [0.1, 0.15) is 51.9 Å². The fourth-order valence-corrected chi connectivity index (χ4v) is 4.32. The van der Waals surface area contributed by atoms with Crippen LogP contribution in [0.3, 0.4) is 0 Å². The summed E-state index contributed by atoms with van der Waals surface area (Å²) in [6, 6.07) is -0.793. The van der Waals surface area contributed by atoms with E-state index in [1.807, 2.05) is 0 Å². The van der Waals surface area contributed by atoms with Crippen LogP contribution in [0.25, 0.3) is 0 Å². The van der Waals surface area contributed by atoms with Crippen LogP contribution in [0.4, 0.5) is 0 Å². The number of carbonyl (C=O) groups is 5. The van der Waals surface area contributed by atoms with Crippen LogP contribution in [0, 0.1) is 0 Å². The molecule has 1 rings (SSSR count). The number of unbranched alkanes of at least 4 members (excludes halogenated alkanes) is 2. The Morgan fingerprint density at radius 3 is 2.48 bits per heavy atom. The summed E-state index contributed by atoms with van der Waals surface area (Å²) in [5.41, 5.74) is 0. The predicted molar refractivity (Wildman–Crippen MR) is 113 cm³/mol. The normalized spacial score (nSPS) is 17.3. The summed E-state index contributed by atoms with van der Waals surface area (Å²) in [6.07, 6.45) is 3.09. The maximum absolute atomic E-state index is 12.5. The van der Waals surface area contributed by atoms with Gasteiger partial charge in [0.25, 0.3) is 0 Å². The van der Waals surface area contributed by atoms with Gasteiger partial charge in [-0.2, -0.15) is 11.8 Å². The molecule has 1 aliphatic rings. The van der Waals surface area contributed by atoms with Crippen molar-refractivity contribution in [2.24, 2.45) is 0 Å². The lowest BCUT2D eigenvalue weighted by atomic mass is 10.1. The van der Waals surface area contributed by atoms with Gasteiger partial charge in [0.15, 0.2) is 5.78 Å². The van der Waals surface area contributed by atoms with E-state index in [0.29, 0.717) is 32.4 Å². The zero-order valence-corrected chi connectivity index (χ0v) is 18.4. The molecule has 0 aliphatic heterocycles. The van der Waals surface area contributed by atoms with E-state index in [0.717, 1.165) is 18.6 Å². The Hall–Kier alpha value is -1.74. The molecule has 0 radical (unpaired) electrons. The molecular formula is C20H33N3O5S. The van der Waals surface area contributed by atoms with Gasteiger partial charge < -0.3 is 15.5 Å². The van der Waals surface area contributed by atoms with E-state index >= 15 is 0 Å². The fraction of sp³-hybridized carbons (Fsp3) is 0.750. The molecule has 0 heterocycles. The summed E-state index contributed by atoms with van der Waals surface area (Å²) >= 11 is 1.52. The van der Waals surface area contributed by atoms with Crippen LogP contribution in [0.5, 0.6) is 0 Å². The van der Waals surface area contributed by atoms with Crippen LogP contribution in [-0.2, 0) is 24.0 Å². The minimum atomic E-state index is -0.793. The average Bonchev–Trinajstić information content (AvgIpc) is 2.98. The number of nitrogens with one attached hydrogen (secondary N) is 2. The van der Waals surface area contributed by atoms with Gasteiger partial charge in [-0.3, -0.25) is 24.0 Å². The number of amides is 2. The van der Waals surface area contributed by atoms with E-state index in [1.54, 1.807) is 14.1 Å². The van der Waals surface area contributed by atoms with Gasteiger partial charge in [-0.25, -0.2) is 0 Å². The van der Waals surface area contributed by atoms with Gasteiger partial charge in [0.2, 0.25) is 11.8 Å². The molecule has 1 aliphatic carbocycles. The van der Waals surface area contributed by atoms with Gasteiger partial charge in [-0.05, 0) is 32.6 Å². The van der Waals surface area contributed by atoms with Crippen LogP contribution in [0.15, 0.2) is 0 Å². The molecule has 0 bridgehead atoms. The largest absolute Gasteiger partial charge is 0.353 e. The SMILES string of the molecule is CNCCNC(=O)[C@H](CC(C)=O)N(C)C(=O)CCCCCSC1CC(=O)CC1=O. The summed E-state index contributed by atoms with van der Waals surface area (Å²) in [5, 5.41) is 5.47. The second-order valence-electron chi connectivity index (χ2n) is 7.38. The first-order chi connectivity index (χ1) is 13.8. The van der Waals surface area contributed by atoms with Gasteiger partial charge in [0, 0.05) is 39.4 Å². The Kier molecular flexibility index (Phi) is 11.8. The third-order valence-electron chi connectivity index (χ3n) is 4.82. The zero-order valence-electron chi connectivity index (χ0n) is 17.6. The number of rotatable bonds is 14. The molecule has 1 saturated carbocycles. The first-order valence-corrected chi connectivity index (χ1v) is 11.1. The monoisotopic (exact) mass is 427 g/mol. The highest BCUT2D eigenvalue weighted by molar-refractivity contribution is 8.00. The number of likely N-dealkylation sites (N-methyl/N-ethyl adjacent to an activating group) is 2. The average molecular weight is 428 g/mol. The first-order valence-electron chi connectivity index (χ1n) is 10.1. The van der Waals surface area contributed by atoms with Crippen molar-refractivity contribution in [3.8, 4) is 0 Å². The summed E-state index contributed by atoms with van der Waals surface area (Å²) < 4.78 is 0. The minimum Gasteiger partial charge on any atom is -0.353 e. The number of ketones is 3. The molecule has 2 atom stereocenters. The summed E-state index contributed by atoms with van der Waals surface area (Å²) in [6.45, 7) is 2.44. The van der Waals surface area contributed by atoms with Gasteiger partial charge in [0.1, 0.15) is 17.6 Å². The van der Waals surface area contributed by atoms with Crippen molar-refractivity contribution in [2.45, 2.75) is 63.2 Å². The molecule has 164 valence electrons. The van der Waals surface area contributed by atoms with E-state index in [1.165, 1.54) is 23.6 Å². The third kappa shape index (κ3) is 9.54. The molecular weight excluding hydrogens is 394 g/mol. The van der Waals surface area contributed by atoms with Crippen molar-refractivity contribution >= 4 is 40.9 Å². The van der Waals surface area contributed by atoms with Crippen LogP contribution in [0.2, 0.25) is 0 Å². The van der Waals surface area contributed by atoms with E-state index in [-0.39, 0.29) is 47.3 Å². The minimum absolute atomic E-state index is 0.00158. The van der Waals surface area contributed by atoms with E-state index in [2.05, 4.69) is 10.6 Å². The molecule has 2 amide bonds. The highest BCUT2D eigenvalue weighted by Crippen LogP contribution is 2.25. The summed E-state index contributed by atoms with van der Waals surface area (Å²) in [5.74, 6) is 0.213. The summed E-state index contributed by atoms with van der Waals surface area (Å²) in [4.78, 5) is 60.5. The van der Waals surface area contributed by atoms with Crippen molar-refractivity contribution < 1.29 is 24.0 Å². The lowest BCUT2D eigenvalue weighted by Gasteiger charge is -2.27. The fourth-order valence-electron chi connectivity index (χ4n) is 3.09. The van der Waals surface area contributed by atoms with E-state index in [4.69, 9.17) is 0 Å². The van der Waals surface area contributed by atoms with Crippen molar-refractivity contribution in [2.75, 3.05) is 32.9 Å². The van der Waals surface area contributed by atoms with E-state index in [9.17, 15) is 24.0 Å². The predicted octanol–water partition coefficient (Wildman–Crippen LogP) is 0.722. The zero-order chi connectivity index (χ0) is 21.8. The van der Waals surface area contributed by atoms with Crippen molar-refractivity contribution in [1.82, 2.24) is 15.5 Å². The smallest absolute Gasteiger partial charge is 0.243 e. The second-order valence-corrected chi connectivity index (χ2v) is 8.69. The van der Waals surface area contributed by atoms with Gasteiger partial charge >= 0.3 is 0 Å². The molecule has 0 aromatic carbocycles. The standard InChI is InChI=1S/C20H33N3O5S/c1-14(24)11-16(20(28)22-9-8-21-2)23(3)19(27)7-5-4-6-10-29-18-13-15(25)12-17(18)26/h16,18,21H,4-13H2,1-3H3,(H,22,28)/t16-,18?/m0/s1. The molecule has 1 fully saturated rings. The Morgan fingerprint density at radius 1 is 1.17 bits per heavy atom. The molecule has 0 aromatic rings. The van der Waals surface area contributed by atoms with Crippen LogP contribution < -0.4 is 10.6 Å². The maximum atomic E-state index is 12.5. The summed E-state index contributed by atoms with van der Waals surface area (Å²) in [7, 11) is 3.34. The number of thioether (sulfide) groups is 1. The number of nitrogens with zero attached hydrogens (tertiary/aromatic N) is 1. The van der Waals surface area contributed by atoms with Gasteiger partial charge in [-0.15, -0.1) is 0 Å². The molecule has 0 saturated heterocycles. The number of hydrogen-bond acceptors (Lipinski definition) is 7. The highest BCUT2D eigenvalue weighted by atomic mass is 32.2. The Morgan fingerprint density at radius 2 is 1.90 bits per heavy atom. The number of carbonyl (C=O) groups excluding carboxylic acids is 5. The van der Waals surface area contributed by atoms with Crippen LogP contribution in [-0.4, -0.2) is 78.3 Å². The van der Waals surface area contributed by atoms with Crippen molar-refractivity contribution in [1.29, 1.82) is 0 Å². The highest BCUT2D eigenvalue weighted by Gasteiger charge is 2.31. The third-order valence-corrected chi connectivity index (χ3v) is 6.17. The molecule has 0 spiro atoms. The number of hydrogen-bond donors (Lipinski definition) is 2. The molecule has 1 unspecified atom stereocenters. The second kappa shape index (κ2) is 13.5. The molecule has 9 heteroatoms. The van der Waals surface area contributed by atoms with Crippen molar-refractivity contribution in [3.63, 3.8) is 0 Å². The molecule has 0 aromatic heterocycles. The number of Topliss-reactive ketones (excluding diaryl/α,β-unsaturated/α-hetero) is 3. The first kappa shape index (κ1) is 25.3. The lowest BCUT2D eigenvalue weighted by molar-refractivity contribution is -0.140. The molecule has 2 N–H and O–H groups in total. The van der Waals surface area contributed by atoms with Gasteiger partial charge in [0.05, 0.1) is 11.7 Å². The van der Waals surface area contributed by atoms with Crippen LogP contribution >= 0.6 is 11.8 Å². The Bertz CT molecular complexity index is 611. The Balaban J connectivity index is 2.33. The maximum Gasteiger partial charge on any atom is 0.243 e. The molecule has 29 heavy (non-hydrogen) atoms. The topological polar surface area (TPSA) is 113 Å².